The molecular weight excluding hydrogens is 400 g/mol. The molecule has 0 spiro atoms. The fraction of sp³-hybridized carbons (Fsp3) is 0.200. The van der Waals surface area contributed by atoms with Crippen molar-refractivity contribution in [3.63, 3.8) is 0 Å². The molecule has 162 valence electrons. The molecule has 0 aliphatic rings. The number of carbonyl (C=O) groups is 1. The molecular formula is C25H26N6O. The van der Waals surface area contributed by atoms with E-state index in [-0.39, 0.29) is 5.91 Å². The van der Waals surface area contributed by atoms with Crippen LogP contribution in [0.25, 0.3) is 11.3 Å². The molecule has 7 heteroatoms. The van der Waals surface area contributed by atoms with Crippen molar-refractivity contribution in [2.24, 2.45) is 7.05 Å². The van der Waals surface area contributed by atoms with Gasteiger partial charge in [-0.25, -0.2) is 0 Å². The number of benzene rings is 2. The van der Waals surface area contributed by atoms with Gasteiger partial charge in [0.05, 0.1) is 11.9 Å². The molecule has 0 unspecified atom stereocenters. The van der Waals surface area contributed by atoms with Gasteiger partial charge in [0.2, 0.25) is 5.91 Å². The van der Waals surface area contributed by atoms with Crippen molar-refractivity contribution >= 4 is 11.7 Å². The van der Waals surface area contributed by atoms with Crippen LogP contribution in [0.3, 0.4) is 0 Å². The number of amides is 1. The number of aryl methyl sites for hydroxylation is 2. The lowest BCUT2D eigenvalue weighted by atomic mass is 10.1. The van der Waals surface area contributed by atoms with Crippen molar-refractivity contribution in [1.82, 2.24) is 25.3 Å². The summed E-state index contributed by atoms with van der Waals surface area (Å²) in [6, 6.07) is 21.2. The van der Waals surface area contributed by atoms with Crippen LogP contribution in [0.2, 0.25) is 0 Å². The van der Waals surface area contributed by atoms with Gasteiger partial charge in [-0.05, 0) is 36.6 Å². The number of anilines is 1. The normalized spacial score (nSPS) is 11.8. The Morgan fingerprint density at radius 1 is 1.00 bits per heavy atom. The smallest absolute Gasteiger partial charge is 0.247 e. The molecule has 4 rings (SSSR count). The highest BCUT2D eigenvalue weighted by Gasteiger charge is 2.20. The van der Waals surface area contributed by atoms with Gasteiger partial charge in [0.1, 0.15) is 6.04 Å². The van der Waals surface area contributed by atoms with Crippen LogP contribution in [0.4, 0.5) is 5.82 Å². The highest BCUT2D eigenvalue weighted by Crippen LogP contribution is 2.18. The number of aromatic nitrogens is 4. The molecule has 0 aliphatic heterocycles. The lowest BCUT2D eigenvalue weighted by molar-refractivity contribution is -0.118. The first kappa shape index (κ1) is 21.4. The Morgan fingerprint density at radius 2 is 1.78 bits per heavy atom. The largest absolute Gasteiger partial charge is 0.308 e. The number of carbonyl (C=O) groups excluding carboxylic acids is 1. The summed E-state index contributed by atoms with van der Waals surface area (Å²) in [5.74, 6) is 0.229. The Labute approximate surface area is 187 Å². The molecule has 1 atom stereocenters. The molecule has 0 bridgehead atoms. The van der Waals surface area contributed by atoms with Crippen LogP contribution in [0.1, 0.15) is 22.7 Å². The van der Waals surface area contributed by atoms with Gasteiger partial charge >= 0.3 is 0 Å². The SMILES string of the molecule is Cc1ccc(CCN[C@@H](C(=O)Nc2ccc(-c3cnn(C)c3)nn2)c2ccccc2)cc1. The summed E-state index contributed by atoms with van der Waals surface area (Å²) in [6.45, 7) is 2.74. The molecule has 0 radical (unpaired) electrons. The van der Waals surface area contributed by atoms with E-state index in [1.807, 2.05) is 49.6 Å². The molecule has 2 aromatic carbocycles. The zero-order chi connectivity index (χ0) is 22.3. The predicted octanol–water partition coefficient (Wildman–Crippen LogP) is 3.70. The topological polar surface area (TPSA) is 84.7 Å². The lowest BCUT2D eigenvalue weighted by Crippen LogP contribution is -2.34. The average molecular weight is 427 g/mol. The molecule has 0 saturated heterocycles. The fourth-order valence-electron chi connectivity index (χ4n) is 3.43. The van der Waals surface area contributed by atoms with E-state index >= 15 is 0 Å². The van der Waals surface area contributed by atoms with Crippen molar-refractivity contribution in [1.29, 1.82) is 0 Å². The zero-order valence-electron chi connectivity index (χ0n) is 18.2. The van der Waals surface area contributed by atoms with Gasteiger partial charge in [-0.15, -0.1) is 10.2 Å². The number of nitrogens with one attached hydrogen (secondary N) is 2. The Morgan fingerprint density at radius 3 is 2.44 bits per heavy atom. The first-order valence-corrected chi connectivity index (χ1v) is 10.6. The van der Waals surface area contributed by atoms with Crippen LogP contribution >= 0.6 is 0 Å². The lowest BCUT2D eigenvalue weighted by Gasteiger charge is -2.18. The summed E-state index contributed by atoms with van der Waals surface area (Å²) in [4.78, 5) is 13.1. The summed E-state index contributed by atoms with van der Waals surface area (Å²) in [5, 5.41) is 18.8. The quantitative estimate of drug-likeness (QED) is 0.449. The summed E-state index contributed by atoms with van der Waals surface area (Å²) >= 11 is 0. The van der Waals surface area contributed by atoms with E-state index in [4.69, 9.17) is 0 Å². The maximum Gasteiger partial charge on any atom is 0.247 e. The average Bonchev–Trinajstić information content (AvgIpc) is 3.25. The molecule has 0 aliphatic carbocycles. The molecule has 2 heterocycles. The van der Waals surface area contributed by atoms with E-state index in [2.05, 4.69) is 57.1 Å². The van der Waals surface area contributed by atoms with E-state index in [1.165, 1.54) is 11.1 Å². The van der Waals surface area contributed by atoms with E-state index in [0.717, 1.165) is 17.5 Å². The van der Waals surface area contributed by atoms with Crippen molar-refractivity contribution in [3.8, 4) is 11.3 Å². The van der Waals surface area contributed by atoms with Crippen LogP contribution < -0.4 is 10.6 Å². The summed E-state index contributed by atoms with van der Waals surface area (Å²) in [7, 11) is 1.85. The van der Waals surface area contributed by atoms with Gasteiger partial charge in [-0.3, -0.25) is 9.48 Å². The standard InChI is InChI=1S/C25H26N6O/c1-18-8-10-19(11-9-18)14-15-26-24(20-6-4-3-5-7-20)25(32)28-23-13-12-22(29-30-23)21-16-27-31(2)17-21/h3-13,16-17,24,26H,14-15H2,1-2H3,(H,28,30,32)/t24-/m1/s1. The molecule has 2 N–H and O–H groups in total. The second-order valence-corrected chi connectivity index (χ2v) is 7.73. The Bertz CT molecular complexity index is 1150. The molecule has 4 aromatic rings. The van der Waals surface area contributed by atoms with Crippen LogP contribution in [-0.4, -0.2) is 32.4 Å². The maximum absolute atomic E-state index is 13.1. The number of rotatable bonds is 8. The van der Waals surface area contributed by atoms with Crippen molar-refractivity contribution in [2.75, 3.05) is 11.9 Å². The van der Waals surface area contributed by atoms with E-state index < -0.39 is 6.04 Å². The third kappa shape index (κ3) is 5.44. The molecule has 2 aromatic heterocycles. The van der Waals surface area contributed by atoms with Gasteiger partial charge in [0, 0.05) is 25.4 Å². The minimum Gasteiger partial charge on any atom is -0.308 e. The Balaban J connectivity index is 1.43. The van der Waals surface area contributed by atoms with Crippen LogP contribution in [-0.2, 0) is 18.3 Å². The van der Waals surface area contributed by atoms with Gasteiger partial charge in [-0.2, -0.15) is 5.10 Å². The molecule has 32 heavy (non-hydrogen) atoms. The van der Waals surface area contributed by atoms with Gasteiger partial charge in [-0.1, -0.05) is 60.2 Å². The van der Waals surface area contributed by atoms with Crippen LogP contribution in [0.15, 0.2) is 79.1 Å². The van der Waals surface area contributed by atoms with E-state index in [9.17, 15) is 4.79 Å². The second kappa shape index (κ2) is 9.98. The highest BCUT2D eigenvalue weighted by molar-refractivity contribution is 5.94. The van der Waals surface area contributed by atoms with E-state index in [0.29, 0.717) is 18.1 Å². The Hall–Kier alpha value is -3.84. The third-order valence-corrected chi connectivity index (χ3v) is 5.19. The molecule has 0 saturated carbocycles. The molecule has 7 nitrogen and oxygen atoms in total. The minimum atomic E-state index is -0.499. The fourth-order valence-corrected chi connectivity index (χ4v) is 3.43. The van der Waals surface area contributed by atoms with Crippen molar-refractivity contribution in [2.45, 2.75) is 19.4 Å². The highest BCUT2D eigenvalue weighted by atomic mass is 16.2. The summed E-state index contributed by atoms with van der Waals surface area (Å²) in [5.41, 5.74) is 4.93. The summed E-state index contributed by atoms with van der Waals surface area (Å²) in [6.07, 6.45) is 4.42. The number of nitrogens with zero attached hydrogens (tertiary/aromatic N) is 4. The maximum atomic E-state index is 13.1. The second-order valence-electron chi connectivity index (χ2n) is 7.73. The number of hydrogen-bond donors (Lipinski definition) is 2. The summed E-state index contributed by atoms with van der Waals surface area (Å²) < 4.78 is 1.71. The monoisotopic (exact) mass is 426 g/mol. The van der Waals surface area contributed by atoms with Gasteiger partial charge < -0.3 is 10.6 Å². The van der Waals surface area contributed by atoms with Crippen LogP contribution in [0.5, 0.6) is 0 Å². The van der Waals surface area contributed by atoms with Crippen molar-refractivity contribution in [3.05, 3.63) is 95.8 Å². The zero-order valence-corrected chi connectivity index (χ0v) is 18.2. The van der Waals surface area contributed by atoms with Gasteiger partial charge in [0.25, 0.3) is 0 Å². The number of hydrogen-bond acceptors (Lipinski definition) is 5. The molecule has 0 fully saturated rings. The predicted molar refractivity (Wildman–Crippen MR) is 125 cm³/mol. The van der Waals surface area contributed by atoms with E-state index in [1.54, 1.807) is 16.9 Å². The molecule has 1 amide bonds. The van der Waals surface area contributed by atoms with Gasteiger partial charge in [0.15, 0.2) is 5.82 Å². The first-order valence-electron chi connectivity index (χ1n) is 10.6. The Kier molecular flexibility index (Phi) is 6.67. The third-order valence-electron chi connectivity index (χ3n) is 5.19. The van der Waals surface area contributed by atoms with Crippen molar-refractivity contribution < 1.29 is 4.79 Å². The first-order chi connectivity index (χ1) is 15.6. The van der Waals surface area contributed by atoms with Crippen LogP contribution in [0, 0.1) is 6.92 Å². The minimum absolute atomic E-state index is 0.177.